The monoisotopic (exact) mass is 521 g/mol. The summed E-state index contributed by atoms with van der Waals surface area (Å²) in [6.07, 6.45) is 3.28. The third-order valence-electron chi connectivity index (χ3n) is 7.56. The van der Waals surface area contributed by atoms with Crippen LogP contribution in [-0.4, -0.2) is 59.9 Å². The van der Waals surface area contributed by atoms with Gasteiger partial charge in [-0.15, -0.1) is 0 Å². The first-order valence-electron chi connectivity index (χ1n) is 12.5. The maximum Gasteiger partial charge on any atom is 0.254 e. The molecule has 192 valence electrons. The van der Waals surface area contributed by atoms with Crippen molar-refractivity contribution in [3.8, 4) is 5.88 Å². The molecule has 0 saturated carbocycles. The Morgan fingerprint density at radius 1 is 0.919 bits per heavy atom. The van der Waals surface area contributed by atoms with E-state index in [9.17, 15) is 14.0 Å². The second-order valence-corrected chi connectivity index (χ2v) is 10.4. The highest BCUT2D eigenvalue weighted by molar-refractivity contribution is 6.29. The Kier molecular flexibility index (Phi) is 7.15. The van der Waals surface area contributed by atoms with E-state index in [1.165, 1.54) is 19.2 Å². The number of halogens is 2. The summed E-state index contributed by atoms with van der Waals surface area (Å²) in [5, 5.41) is 0.225. The van der Waals surface area contributed by atoms with E-state index in [1.807, 2.05) is 34.1 Å². The average Bonchev–Trinajstić information content (AvgIpc) is 3.32. The fraction of sp³-hybridized carbons (Fsp3) is 0.345. The van der Waals surface area contributed by atoms with E-state index in [1.54, 1.807) is 24.3 Å². The minimum absolute atomic E-state index is 0.0335. The number of carbonyl (C=O) groups is 2. The number of pyridine rings is 1. The lowest BCUT2D eigenvalue weighted by Gasteiger charge is -2.39. The molecule has 2 aromatic carbocycles. The average molecular weight is 522 g/mol. The topological polar surface area (TPSA) is 62.7 Å². The zero-order chi connectivity index (χ0) is 26.0. The van der Waals surface area contributed by atoms with E-state index in [0.717, 1.165) is 30.4 Å². The van der Waals surface area contributed by atoms with Crippen LogP contribution in [0.5, 0.6) is 5.88 Å². The quantitative estimate of drug-likeness (QED) is 0.431. The van der Waals surface area contributed by atoms with E-state index >= 15 is 0 Å². The Morgan fingerprint density at radius 2 is 1.59 bits per heavy atom. The molecular formula is C29H29ClFN3O3. The first-order valence-corrected chi connectivity index (χ1v) is 12.9. The van der Waals surface area contributed by atoms with Crippen LogP contribution in [0.4, 0.5) is 4.39 Å². The maximum atomic E-state index is 13.4. The van der Waals surface area contributed by atoms with Crippen LogP contribution in [0.1, 0.15) is 51.1 Å². The zero-order valence-electron chi connectivity index (χ0n) is 20.8. The van der Waals surface area contributed by atoms with Gasteiger partial charge in [0.15, 0.2) is 0 Å². The molecule has 3 heterocycles. The molecule has 0 unspecified atom stereocenters. The minimum atomic E-state index is -0.257. The van der Waals surface area contributed by atoms with Crippen LogP contribution in [0.25, 0.3) is 0 Å². The van der Waals surface area contributed by atoms with Crippen LogP contribution in [-0.2, 0) is 6.42 Å². The van der Waals surface area contributed by atoms with Gasteiger partial charge in [0, 0.05) is 43.4 Å². The number of hydrogen-bond donors (Lipinski definition) is 0. The highest BCUT2D eigenvalue weighted by Crippen LogP contribution is 2.41. The van der Waals surface area contributed by atoms with Crippen molar-refractivity contribution in [1.29, 1.82) is 0 Å². The molecule has 2 amide bonds. The largest absolute Gasteiger partial charge is 0.481 e. The molecule has 2 fully saturated rings. The second-order valence-electron chi connectivity index (χ2n) is 9.99. The minimum Gasteiger partial charge on any atom is -0.481 e. The number of hydrogen-bond acceptors (Lipinski definition) is 4. The molecule has 0 atom stereocenters. The third kappa shape index (κ3) is 5.62. The number of methoxy groups -OCH3 is 1. The fourth-order valence-corrected chi connectivity index (χ4v) is 5.62. The second kappa shape index (κ2) is 10.5. The van der Waals surface area contributed by atoms with Gasteiger partial charge < -0.3 is 14.5 Å². The van der Waals surface area contributed by atoms with Gasteiger partial charge in [0.05, 0.1) is 7.11 Å². The van der Waals surface area contributed by atoms with Gasteiger partial charge in [-0.2, -0.15) is 0 Å². The first-order chi connectivity index (χ1) is 17.8. The van der Waals surface area contributed by atoms with E-state index in [2.05, 4.69) is 4.98 Å². The first kappa shape index (κ1) is 25.2. The summed E-state index contributed by atoms with van der Waals surface area (Å²) in [6, 6.07) is 17.3. The number of benzene rings is 2. The molecular weight excluding hydrogens is 493 g/mol. The molecule has 1 spiro atoms. The number of likely N-dealkylation sites (tertiary alicyclic amines) is 2. The van der Waals surface area contributed by atoms with Gasteiger partial charge in [-0.05, 0) is 72.6 Å². The summed E-state index contributed by atoms with van der Waals surface area (Å²) < 4.78 is 18.4. The van der Waals surface area contributed by atoms with Crippen LogP contribution in [0.15, 0.2) is 60.7 Å². The molecule has 2 saturated heterocycles. The van der Waals surface area contributed by atoms with Crippen molar-refractivity contribution in [1.82, 2.24) is 14.8 Å². The van der Waals surface area contributed by atoms with Crippen LogP contribution in [0.3, 0.4) is 0 Å². The molecule has 6 nitrogen and oxygen atoms in total. The van der Waals surface area contributed by atoms with Crippen molar-refractivity contribution in [2.75, 3.05) is 33.3 Å². The Labute approximate surface area is 221 Å². The standard InChI is InChI=1S/C29H29ClFN3O3/c1-37-26-18-23(17-25(30)32-26)28(36)33-12-9-29(10-13-33)11-14-34(19-29)27(35)22-4-2-3-21(16-22)15-20-5-7-24(31)8-6-20/h2-8,16-18H,9-15,19H2,1H3. The van der Waals surface area contributed by atoms with E-state index in [-0.39, 0.29) is 28.2 Å². The molecule has 5 rings (SSSR count). The number of aromatic nitrogens is 1. The molecule has 0 bridgehead atoms. The molecule has 2 aliphatic heterocycles. The molecule has 3 aromatic rings. The third-order valence-corrected chi connectivity index (χ3v) is 7.75. The Hall–Kier alpha value is -3.45. The number of piperidine rings is 1. The number of carbonyl (C=O) groups excluding carboxylic acids is 2. The lowest BCUT2D eigenvalue weighted by Crippen LogP contribution is -2.44. The molecule has 8 heteroatoms. The number of amides is 2. The van der Waals surface area contributed by atoms with Gasteiger partial charge in [0.2, 0.25) is 5.88 Å². The van der Waals surface area contributed by atoms with Gasteiger partial charge in [-0.3, -0.25) is 9.59 Å². The number of nitrogens with zero attached hydrogens (tertiary/aromatic N) is 3. The summed E-state index contributed by atoms with van der Waals surface area (Å²) >= 11 is 6.05. The van der Waals surface area contributed by atoms with Crippen molar-refractivity contribution < 1.29 is 18.7 Å². The normalized spacial score (nSPS) is 16.7. The molecule has 0 radical (unpaired) electrons. The summed E-state index contributed by atoms with van der Waals surface area (Å²) in [6.45, 7) is 2.68. The van der Waals surface area contributed by atoms with Crippen LogP contribution >= 0.6 is 11.6 Å². The van der Waals surface area contributed by atoms with Crippen molar-refractivity contribution in [3.05, 3.63) is 93.9 Å². The smallest absolute Gasteiger partial charge is 0.254 e. The van der Waals surface area contributed by atoms with Gasteiger partial charge in [-0.25, -0.2) is 9.37 Å². The molecule has 0 N–H and O–H groups in total. The Balaban J connectivity index is 1.20. The summed E-state index contributed by atoms with van der Waals surface area (Å²) in [4.78, 5) is 34.2. The van der Waals surface area contributed by atoms with E-state index < -0.39 is 0 Å². The highest BCUT2D eigenvalue weighted by Gasteiger charge is 2.43. The van der Waals surface area contributed by atoms with Crippen molar-refractivity contribution >= 4 is 23.4 Å². The van der Waals surface area contributed by atoms with Crippen LogP contribution in [0, 0.1) is 11.2 Å². The van der Waals surface area contributed by atoms with E-state index in [4.69, 9.17) is 16.3 Å². The summed E-state index contributed by atoms with van der Waals surface area (Å²) in [5.74, 6) is 0.0139. The Bertz CT molecular complexity index is 1310. The predicted molar refractivity (Wildman–Crippen MR) is 140 cm³/mol. The number of rotatable bonds is 5. The van der Waals surface area contributed by atoms with Gasteiger partial charge >= 0.3 is 0 Å². The van der Waals surface area contributed by atoms with Gasteiger partial charge in [0.25, 0.3) is 11.8 Å². The Morgan fingerprint density at radius 3 is 2.30 bits per heavy atom. The van der Waals surface area contributed by atoms with Crippen molar-refractivity contribution in [2.24, 2.45) is 5.41 Å². The lowest BCUT2D eigenvalue weighted by molar-refractivity contribution is 0.0565. The fourth-order valence-electron chi connectivity index (χ4n) is 5.42. The van der Waals surface area contributed by atoms with Gasteiger partial charge in [-0.1, -0.05) is 35.9 Å². The van der Waals surface area contributed by atoms with Crippen LogP contribution in [0.2, 0.25) is 5.15 Å². The zero-order valence-corrected chi connectivity index (χ0v) is 21.5. The maximum absolute atomic E-state index is 13.4. The molecule has 37 heavy (non-hydrogen) atoms. The molecule has 1 aromatic heterocycles. The number of ether oxygens (including phenoxy) is 1. The molecule has 0 aliphatic carbocycles. The predicted octanol–water partition coefficient (Wildman–Crippen LogP) is 5.24. The lowest BCUT2D eigenvalue weighted by atomic mass is 9.77. The highest BCUT2D eigenvalue weighted by atomic mass is 35.5. The van der Waals surface area contributed by atoms with E-state index in [0.29, 0.717) is 49.6 Å². The van der Waals surface area contributed by atoms with Crippen LogP contribution < -0.4 is 4.74 Å². The summed E-state index contributed by atoms with van der Waals surface area (Å²) in [7, 11) is 1.49. The SMILES string of the molecule is COc1cc(C(=O)N2CCC3(CC2)CCN(C(=O)c2cccc(Cc4ccc(F)cc4)c2)C3)cc(Cl)n1. The molecule has 2 aliphatic rings. The van der Waals surface area contributed by atoms with Crippen molar-refractivity contribution in [2.45, 2.75) is 25.7 Å². The van der Waals surface area contributed by atoms with Crippen molar-refractivity contribution in [3.63, 3.8) is 0 Å². The van der Waals surface area contributed by atoms with Gasteiger partial charge in [0.1, 0.15) is 11.0 Å². The summed E-state index contributed by atoms with van der Waals surface area (Å²) in [5.41, 5.74) is 3.20.